The monoisotopic (exact) mass is 422 g/mol. The topological polar surface area (TPSA) is 20.2 Å². The molecule has 0 spiro atoms. The Morgan fingerprint density at radius 2 is 2.00 bits per heavy atom. The van der Waals surface area contributed by atoms with Crippen molar-refractivity contribution < 1.29 is 5.11 Å². The summed E-state index contributed by atoms with van der Waals surface area (Å²) in [6.45, 7) is 4.11. The van der Waals surface area contributed by atoms with Crippen LogP contribution in [-0.2, 0) is 0 Å². The number of thiophene rings is 1. The van der Waals surface area contributed by atoms with Crippen LogP contribution in [-0.4, -0.2) is 5.11 Å². The standard InChI is InChI=1S/C13H12BrIOS/c1-7-5-8(2)17-13(7)12(16)10-6-9(15)3-4-11(10)14/h3-6,12,16H,1-2H3. The zero-order chi connectivity index (χ0) is 12.6. The van der Waals surface area contributed by atoms with Gasteiger partial charge in [0.05, 0.1) is 0 Å². The zero-order valence-electron chi connectivity index (χ0n) is 9.50. The lowest BCUT2D eigenvalue weighted by molar-refractivity contribution is 0.222. The average Bonchev–Trinajstić information content (AvgIpc) is 2.60. The molecule has 0 bridgehead atoms. The van der Waals surface area contributed by atoms with Crippen LogP contribution in [0.15, 0.2) is 28.7 Å². The van der Waals surface area contributed by atoms with Crippen molar-refractivity contribution in [2.24, 2.45) is 0 Å². The van der Waals surface area contributed by atoms with Gasteiger partial charge in [-0.05, 0) is 66.3 Å². The third kappa shape index (κ3) is 2.92. The molecule has 90 valence electrons. The largest absolute Gasteiger partial charge is 0.383 e. The van der Waals surface area contributed by atoms with E-state index in [4.69, 9.17) is 0 Å². The van der Waals surface area contributed by atoms with Crippen molar-refractivity contribution in [1.29, 1.82) is 0 Å². The number of halogens is 2. The summed E-state index contributed by atoms with van der Waals surface area (Å²) in [5.74, 6) is 0. The second-order valence-electron chi connectivity index (χ2n) is 3.97. The second-order valence-corrected chi connectivity index (χ2v) is 7.36. The molecule has 1 heterocycles. The maximum Gasteiger partial charge on any atom is 0.115 e. The minimum atomic E-state index is -0.544. The number of benzene rings is 1. The fourth-order valence-corrected chi connectivity index (χ4v) is 3.82. The predicted octanol–water partition coefficient (Wildman–Crippen LogP) is 4.81. The van der Waals surface area contributed by atoms with Crippen molar-refractivity contribution in [1.82, 2.24) is 0 Å². The first-order valence-electron chi connectivity index (χ1n) is 5.19. The van der Waals surface area contributed by atoms with Gasteiger partial charge >= 0.3 is 0 Å². The number of hydrogen-bond donors (Lipinski definition) is 1. The molecule has 1 N–H and O–H groups in total. The first kappa shape index (κ1) is 13.5. The number of aryl methyl sites for hydroxylation is 2. The molecule has 17 heavy (non-hydrogen) atoms. The molecule has 0 aliphatic rings. The van der Waals surface area contributed by atoms with Crippen LogP contribution in [0.5, 0.6) is 0 Å². The summed E-state index contributed by atoms with van der Waals surface area (Å²) in [4.78, 5) is 2.27. The molecule has 0 aliphatic carbocycles. The summed E-state index contributed by atoms with van der Waals surface area (Å²) >= 11 is 7.42. The Kier molecular flexibility index (Phi) is 4.28. The lowest BCUT2D eigenvalue weighted by Gasteiger charge is -2.13. The van der Waals surface area contributed by atoms with Crippen LogP contribution in [0, 0.1) is 17.4 Å². The molecule has 0 fully saturated rings. The van der Waals surface area contributed by atoms with E-state index in [0.717, 1.165) is 24.0 Å². The van der Waals surface area contributed by atoms with Gasteiger partial charge in [0.25, 0.3) is 0 Å². The fraction of sp³-hybridized carbons (Fsp3) is 0.231. The van der Waals surface area contributed by atoms with Gasteiger partial charge in [0, 0.05) is 23.4 Å². The normalized spacial score (nSPS) is 12.8. The number of rotatable bonds is 2. The summed E-state index contributed by atoms with van der Waals surface area (Å²) in [6.07, 6.45) is -0.544. The van der Waals surface area contributed by atoms with Crippen LogP contribution in [0.1, 0.15) is 27.0 Å². The van der Waals surface area contributed by atoms with E-state index in [1.165, 1.54) is 4.88 Å². The van der Waals surface area contributed by atoms with Crippen molar-refractivity contribution in [3.05, 3.63) is 53.2 Å². The maximum absolute atomic E-state index is 10.5. The number of hydrogen-bond acceptors (Lipinski definition) is 2. The Bertz CT molecular complexity index is 550. The summed E-state index contributed by atoms with van der Waals surface area (Å²) in [5, 5.41) is 10.5. The van der Waals surface area contributed by atoms with Crippen LogP contribution in [0.2, 0.25) is 0 Å². The quantitative estimate of drug-likeness (QED) is 0.688. The minimum absolute atomic E-state index is 0.544. The molecule has 0 radical (unpaired) electrons. The molecule has 0 saturated carbocycles. The summed E-state index contributed by atoms with van der Waals surface area (Å²) in [7, 11) is 0. The van der Waals surface area contributed by atoms with E-state index in [1.54, 1.807) is 11.3 Å². The first-order chi connectivity index (χ1) is 7.99. The van der Waals surface area contributed by atoms with Gasteiger partial charge in [-0.2, -0.15) is 0 Å². The molecule has 1 aromatic carbocycles. The first-order valence-corrected chi connectivity index (χ1v) is 7.88. The molecule has 2 aromatic rings. The molecule has 1 aromatic heterocycles. The van der Waals surface area contributed by atoms with E-state index < -0.39 is 6.10 Å². The maximum atomic E-state index is 10.5. The highest BCUT2D eigenvalue weighted by Gasteiger charge is 2.18. The van der Waals surface area contributed by atoms with Crippen molar-refractivity contribution in [2.75, 3.05) is 0 Å². The molecule has 4 heteroatoms. The van der Waals surface area contributed by atoms with E-state index >= 15 is 0 Å². The van der Waals surface area contributed by atoms with Gasteiger partial charge in [-0.3, -0.25) is 0 Å². The molecular formula is C13H12BrIOS. The van der Waals surface area contributed by atoms with E-state index in [-0.39, 0.29) is 0 Å². The Balaban J connectivity index is 2.46. The molecule has 1 unspecified atom stereocenters. The Morgan fingerprint density at radius 1 is 1.29 bits per heavy atom. The molecule has 2 rings (SSSR count). The summed E-state index contributed by atoms with van der Waals surface area (Å²) < 4.78 is 2.08. The highest BCUT2D eigenvalue weighted by atomic mass is 127. The third-order valence-corrected chi connectivity index (χ3v) is 5.18. The van der Waals surface area contributed by atoms with Crippen LogP contribution in [0.3, 0.4) is 0 Å². The molecule has 0 amide bonds. The SMILES string of the molecule is Cc1cc(C)c(C(O)c2cc(I)ccc2Br)s1. The lowest BCUT2D eigenvalue weighted by Crippen LogP contribution is -2.00. The molecule has 1 atom stereocenters. The van der Waals surface area contributed by atoms with Crippen molar-refractivity contribution in [3.8, 4) is 0 Å². The van der Waals surface area contributed by atoms with Crippen LogP contribution in [0.4, 0.5) is 0 Å². The third-order valence-electron chi connectivity index (χ3n) is 2.58. The van der Waals surface area contributed by atoms with Gasteiger partial charge in [0.1, 0.15) is 6.10 Å². The zero-order valence-corrected chi connectivity index (χ0v) is 14.1. The van der Waals surface area contributed by atoms with Crippen LogP contribution < -0.4 is 0 Å². The Hall–Kier alpha value is 0.0900. The van der Waals surface area contributed by atoms with Gasteiger partial charge in [0.15, 0.2) is 0 Å². The van der Waals surface area contributed by atoms with Gasteiger partial charge in [-0.15, -0.1) is 11.3 Å². The fourth-order valence-electron chi connectivity index (χ4n) is 1.80. The van der Waals surface area contributed by atoms with Crippen molar-refractivity contribution >= 4 is 49.9 Å². The Labute approximate surface area is 127 Å². The van der Waals surface area contributed by atoms with Gasteiger partial charge in [0.2, 0.25) is 0 Å². The van der Waals surface area contributed by atoms with E-state index in [9.17, 15) is 5.11 Å². The average molecular weight is 423 g/mol. The van der Waals surface area contributed by atoms with Crippen molar-refractivity contribution in [3.63, 3.8) is 0 Å². The molecular weight excluding hydrogens is 411 g/mol. The molecule has 0 aliphatic heterocycles. The highest BCUT2D eigenvalue weighted by Crippen LogP contribution is 2.35. The van der Waals surface area contributed by atoms with E-state index in [0.29, 0.717) is 0 Å². The van der Waals surface area contributed by atoms with Crippen LogP contribution in [0.25, 0.3) is 0 Å². The minimum Gasteiger partial charge on any atom is -0.383 e. The van der Waals surface area contributed by atoms with E-state index in [2.05, 4.69) is 51.5 Å². The number of aliphatic hydroxyl groups excluding tert-OH is 1. The summed E-state index contributed by atoms with van der Waals surface area (Å²) in [6, 6.07) is 8.14. The lowest BCUT2D eigenvalue weighted by atomic mass is 10.1. The van der Waals surface area contributed by atoms with Gasteiger partial charge in [-0.25, -0.2) is 0 Å². The van der Waals surface area contributed by atoms with Crippen LogP contribution >= 0.6 is 49.9 Å². The molecule has 1 nitrogen and oxygen atoms in total. The van der Waals surface area contributed by atoms with Gasteiger partial charge in [-0.1, -0.05) is 15.9 Å². The van der Waals surface area contributed by atoms with E-state index in [1.807, 2.05) is 25.1 Å². The smallest absolute Gasteiger partial charge is 0.115 e. The van der Waals surface area contributed by atoms with Gasteiger partial charge < -0.3 is 5.11 Å². The highest BCUT2D eigenvalue weighted by molar-refractivity contribution is 14.1. The second kappa shape index (κ2) is 5.38. The predicted molar refractivity (Wildman–Crippen MR) is 84.7 cm³/mol. The number of aliphatic hydroxyl groups is 1. The Morgan fingerprint density at radius 3 is 2.59 bits per heavy atom. The molecule has 0 saturated heterocycles. The summed E-state index contributed by atoms with van der Waals surface area (Å²) in [5.41, 5.74) is 2.09. The van der Waals surface area contributed by atoms with Crippen molar-refractivity contribution in [2.45, 2.75) is 20.0 Å².